The van der Waals surface area contributed by atoms with Gasteiger partial charge in [-0.1, -0.05) is 30.3 Å². The molecule has 0 unspecified atom stereocenters. The van der Waals surface area contributed by atoms with Crippen LogP contribution in [0.15, 0.2) is 54.6 Å². The number of hydrogen-bond acceptors (Lipinski definition) is 6. The van der Waals surface area contributed by atoms with Crippen molar-refractivity contribution in [1.82, 2.24) is 14.9 Å². The number of nitrogens with one attached hydrogen (secondary N) is 1. The molecule has 37 heavy (non-hydrogen) atoms. The normalized spacial score (nSPS) is 14.5. The second-order valence-electron chi connectivity index (χ2n) is 9.18. The number of rotatable bonds is 12. The summed E-state index contributed by atoms with van der Waals surface area (Å²) in [5, 5.41) is 33.9. The predicted octanol–water partition coefficient (Wildman–Crippen LogP) is -0.857. The first kappa shape index (κ1) is 29.0. The van der Waals surface area contributed by atoms with E-state index in [0.717, 1.165) is 24.1 Å². The zero-order chi connectivity index (χ0) is 25.7. The van der Waals surface area contributed by atoms with Gasteiger partial charge in [0.1, 0.15) is 17.3 Å². The molecule has 2 atom stereocenters. The SMILES string of the molecule is O=C([O-])C[C@H](O)C[C@H](O)CCn1c(-c2ccc(F)cc2)nc(C(=O)NCc2ccccc2)c1C1CC1.[Na+]. The average Bonchev–Trinajstić information content (AvgIpc) is 3.61. The zero-order valence-electron chi connectivity index (χ0n) is 20.8. The maximum absolute atomic E-state index is 13.6. The van der Waals surface area contributed by atoms with Gasteiger partial charge in [-0.15, -0.1) is 0 Å². The van der Waals surface area contributed by atoms with Gasteiger partial charge in [0.25, 0.3) is 5.91 Å². The number of halogens is 1. The zero-order valence-corrected chi connectivity index (χ0v) is 22.8. The van der Waals surface area contributed by atoms with Gasteiger partial charge in [-0.2, -0.15) is 0 Å². The van der Waals surface area contributed by atoms with Gasteiger partial charge in [0.2, 0.25) is 0 Å². The summed E-state index contributed by atoms with van der Waals surface area (Å²) in [6, 6.07) is 15.4. The van der Waals surface area contributed by atoms with Crippen LogP contribution in [0.4, 0.5) is 4.39 Å². The van der Waals surface area contributed by atoms with E-state index in [1.54, 1.807) is 12.1 Å². The van der Waals surface area contributed by atoms with E-state index in [1.807, 2.05) is 34.9 Å². The van der Waals surface area contributed by atoms with Crippen LogP contribution in [-0.2, 0) is 17.9 Å². The van der Waals surface area contributed by atoms with Gasteiger partial charge in [-0.3, -0.25) is 4.79 Å². The monoisotopic (exact) mass is 517 g/mol. The number of carbonyl (C=O) groups excluding carboxylic acids is 2. The van der Waals surface area contributed by atoms with E-state index >= 15 is 0 Å². The number of benzene rings is 2. The van der Waals surface area contributed by atoms with Crippen molar-refractivity contribution in [3.63, 3.8) is 0 Å². The van der Waals surface area contributed by atoms with E-state index < -0.39 is 30.4 Å². The molecule has 8 nitrogen and oxygen atoms in total. The molecule has 0 radical (unpaired) electrons. The molecule has 3 N–H and O–H groups in total. The molecule has 190 valence electrons. The van der Waals surface area contributed by atoms with Crippen molar-refractivity contribution in [3.05, 3.63) is 77.4 Å². The van der Waals surface area contributed by atoms with Crippen molar-refractivity contribution in [2.75, 3.05) is 0 Å². The standard InChI is InChI=1S/C27H30FN3O5.Na/c28-20-10-8-19(9-11-20)26-30-24(27(36)29-16-17-4-2-1-3-5-17)25(18-6-7-18)31(26)13-12-21(32)14-22(33)15-23(34)35;/h1-5,8-11,18,21-22,32-33H,6-7,12-16H2,(H,29,36)(H,34,35);/q;+1/p-1/t21-,22-;/m1./s1. The molecule has 3 aromatic rings. The summed E-state index contributed by atoms with van der Waals surface area (Å²) in [4.78, 5) is 28.6. The molecule has 1 saturated carbocycles. The van der Waals surface area contributed by atoms with E-state index in [0.29, 0.717) is 23.6 Å². The number of carboxylic acids is 1. The number of carboxylic acid groups (broad SMARTS) is 1. The number of hydrogen-bond donors (Lipinski definition) is 3. The van der Waals surface area contributed by atoms with Crippen LogP contribution in [0.2, 0.25) is 0 Å². The second kappa shape index (κ2) is 13.3. The van der Waals surface area contributed by atoms with Crippen molar-refractivity contribution in [3.8, 4) is 11.4 Å². The van der Waals surface area contributed by atoms with Gasteiger partial charge >= 0.3 is 29.6 Å². The summed E-state index contributed by atoms with van der Waals surface area (Å²) >= 11 is 0. The Kier molecular flexibility index (Phi) is 10.4. The topological polar surface area (TPSA) is 128 Å². The van der Waals surface area contributed by atoms with Gasteiger partial charge in [-0.25, -0.2) is 9.37 Å². The first-order valence-corrected chi connectivity index (χ1v) is 12.1. The smallest absolute Gasteiger partial charge is 0.550 e. The summed E-state index contributed by atoms with van der Waals surface area (Å²) < 4.78 is 15.5. The molecule has 1 aliphatic rings. The number of aliphatic carboxylic acids is 1. The minimum absolute atomic E-state index is 0. The molecule has 0 spiro atoms. The third kappa shape index (κ3) is 7.96. The van der Waals surface area contributed by atoms with E-state index in [9.17, 15) is 29.3 Å². The number of aliphatic hydroxyl groups is 2. The third-order valence-electron chi connectivity index (χ3n) is 6.22. The van der Waals surface area contributed by atoms with E-state index in [2.05, 4.69) is 10.3 Å². The number of amides is 1. The summed E-state index contributed by atoms with van der Waals surface area (Å²) in [5.74, 6) is -1.45. The van der Waals surface area contributed by atoms with Crippen LogP contribution >= 0.6 is 0 Å². The Morgan fingerprint density at radius 3 is 2.38 bits per heavy atom. The van der Waals surface area contributed by atoms with Crippen LogP contribution in [0.5, 0.6) is 0 Å². The van der Waals surface area contributed by atoms with Crippen LogP contribution in [-0.4, -0.2) is 43.8 Å². The fourth-order valence-electron chi connectivity index (χ4n) is 4.30. The van der Waals surface area contributed by atoms with Gasteiger partial charge in [0.15, 0.2) is 0 Å². The second-order valence-corrected chi connectivity index (χ2v) is 9.18. The van der Waals surface area contributed by atoms with Crippen molar-refractivity contribution >= 4 is 11.9 Å². The Hall–Kier alpha value is -2.56. The molecular formula is C27H29FN3NaO5. The number of carbonyl (C=O) groups is 2. The number of aromatic nitrogens is 2. The fourth-order valence-corrected chi connectivity index (χ4v) is 4.30. The Labute approximate surface area is 236 Å². The van der Waals surface area contributed by atoms with Crippen molar-refractivity contribution < 1.29 is 58.9 Å². The molecule has 1 aromatic heterocycles. The first-order valence-electron chi connectivity index (χ1n) is 12.1. The van der Waals surface area contributed by atoms with Crippen LogP contribution in [0.3, 0.4) is 0 Å². The van der Waals surface area contributed by atoms with Crippen LogP contribution in [0.25, 0.3) is 11.4 Å². The third-order valence-corrected chi connectivity index (χ3v) is 6.22. The molecule has 0 bridgehead atoms. The molecular weight excluding hydrogens is 488 g/mol. The molecule has 1 fully saturated rings. The van der Waals surface area contributed by atoms with Crippen LogP contribution in [0, 0.1) is 5.82 Å². The maximum atomic E-state index is 13.6. The largest absolute Gasteiger partial charge is 1.00 e. The Balaban J connectivity index is 0.00000380. The summed E-state index contributed by atoms with van der Waals surface area (Å²) in [6.07, 6.45) is -0.836. The summed E-state index contributed by atoms with van der Waals surface area (Å²) in [6.45, 7) is 0.633. The van der Waals surface area contributed by atoms with Crippen molar-refractivity contribution in [2.45, 2.75) is 63.3 Å². The summed E-state index contributed by atoms with van der Waals surface area (Å²) in [5.41, 5.74) is 2.66. The molecule has 10 heteroatoms. The van der Waals surface area contributed by atoms with E-state index in [-0.39, 0.29) is 60.8 Å². The van der Waals surface area contributed by atoms with Crippen LogP contribution < -0.4 is 40.0 Å². The molecule has 4 rings (SSSR count). The van der Waals surface area contributed by atoms with E-state index in [1.165, 1.54) is 12.1 Å². The molecule has 1 amide bonds. The molecule has 1 heterocycles. The summed E-state index contributed by atoms with van der Waals surface area (Å²) in [7, 11) is 0. The van der Waals surface area contributed by atoms with E-state index in [4.69, 9.17) is 0 Å². The maximum Gasteiger partial charge on any atom is 1.00 e. The van der Waals surface area contributed by atoms with Crippen molar-refractivity contribution in [2.24, 2.45) is 0 Å². The predicted molar refractivity (Wildman–Crippen MR) is 128 cm³/mol. The fraction of sp³-hybridized carbons (Fsp3) is 0.370. The van der Waals surface area contributed by atoms with Crippen molar-refractivity contribution in [1.29, 1.82) is 0 Å². The number of aliphatic hydroxyl groups excluding tert-OH is 2. The minimum Gasteiger partial charge on any atom is -0.550 e. The van der Waals surface area contributed by atoms with Gasteiger partial charge in [-0.05, 0) is 55.5 Å². The van der Waals surface area contributed by atoms with Crippen LogP contribution in [0.1, 0.15) is 59.8 Å². The Bertz CT molecular complexity index is 1200. The quantitative estimate of drug-likeness (QED) is 0.269. The number of nitrogens with zero attached hydrogens (tertiary/aromatic N) is 2. The first-order chi connectivity index (χ1) is 17.3. The molecule has 2 aromatic carbocycles. The van der Waals surface area contributed by atoms with Gasteiger partial charge in [0.05, 0.1) is 17.9 Å². The molecule has 0 saturated heterocycles. The molecule has 1 aliphatic carbocycles. The number of imidazole rings is 1. The minimum atomic E-state index is -1.38. The van der Waals surface area contributed by atoms with Gasteiger partial charge in [0, 0.05) is 37.0 Å². The Morgan fingerprint density at radius 2 is 1.76 bits per heavy atom. The Morgan fingerprint density at radius 1 is 1.08 bits per heavy atom. The average molecular weight is 518 g/mol. The molecule has 0 aliphatic heterocycles. The van der Waals surface area contributed by atoms with Gasteiger partial charge < -0.3 is 30.0 Å².